The van der Waals surface area contributed by atoms with Crippen LogP contribution in [-0.4, -0.2) is 36.9 Å². The molecule has 1 heterocycles. The third-order valence-corrected chi connectivity index (χ3v) is 7.76. The van der Waals surface area contributed by atoms with Crippen LogP contribution in [0.1, 0.15) is 58.3 Å². The van der Waals surface area contributed by atoms with Crippen LogP contribution in [0.2, 0.25) is 0 Å². The molecule has 0 aromatic rings. The van der Waals surface area contributed by atoms with Gasteiger partial charge < -0.3 is 0 Å². The first kappa shape index (κ1) is 17.7. The maximum Gasteiger partial charge on any atom is 0.211 e. The van der Waals surface area contributed by atoms with E-state index in [1.54, 1.807) is 4.31 Å². The highest BCUT2D eigenvalue weighted by Crippen LogP contribution is 2.40. The molecule has 3 nitrogen and oxygen atoms in total. The first-order valence-electron chi connectivity index (χ1n) is 8.49. The Bertz CT molecular complexity index is 426. The highest BCUT2D eigenvalue weighted by molar-refractivity contribution is 9.09. The van der Waals surface area contributed by atoms with Crippen LogP contribution in [0.3, 0.4) is 0 Å². The van der Waals surface area contributed by atoms with Crippen LogP contribution in [0.5, 0.6) is 0 Å². The van der Waals surface area contributed by atoms with Gasteiger partial charge in [-0.3, -0.25) is 0 Å². The number of hydrogen-bond donors (Lipinski definition) is 0. The highest BCUT2D eigenvalue weighted by Gasteiger charge is 2.33. The van der Waals surface area contributed by atoms with E-state index in [2.05, 4.69) is 22.9 Å². The normalized spacial score (nSPS) is 35.8. The molecule has 5 heteroatoms. The first-order valence-corrected chi connectivity index (χ1v) is 11.3. The molecule has 2 aliphatic rings. The second-order valence-electron chi connectivity index (χ2n) is 7.11. The van der Waals surface area contributed by atoms with Crippen molar-refractivity contribution in [2.24, 2.45) is 17.8 Å². The van der Waals surface area contributed by atoms with Crippen LogP contribution in [0.4, 0.5) is 0 Å². The molecule has 4 atom stereocenters. The summed E-state index contributed by atoms with van der Waals surface area (Å²) in [5.74, 6) is 2.18. The number of rotatable bonds is 5. The molecule has 2 fully saturated rings. The van der Waals surface area contributed by atoms with E-state index in [0.29, 0.717) is 10.7 Å². The van der Waals surface area contributed by atoms with E-state index in [1.807, 2.05) is 0 Å². The van der Waals surface area contributed by atoms with E-state index in [4.69, 9.17) is 0 Å². The maximum absolute atomic E-state index is 11.7. The number of halogens is 1. The largest absolute Gasteiger partial charge is 0.213 e. The standard InChI is InChI=1S/C16H30BrNO2S/c1-3-5-13-7-8-16(17)15(10-13)11-14-6-4-9-18(12-14)21(2,19)20/h13-16H,3-12H2,1-2H3. The van der Waals surface area contributed by atoms with Crippen molar-refractivity contribution in [2.45, 2.75) is 63.1 Å². The molecule has 21 heavy (non-hydrogen) atoms. The lowest BCUT2D eigenvalue weighted by Gasteiger charge is -2.38. The fraction of sp³-hybridized carbons (Fsp3) is 1.00. The summed E-state index contributed by atoms with van der Waals surface area (Å²) in [5.41, 5.74) is 0. The van der Waals surface area contributed by atoms with Crippen molar-refractivity contribution in [1.82, 2.24) is 4.31 Å². The molecule has 0 spiro atoms. The van der Waals surface area contributed by atoms with Crippen molar-refractivity contribution >= 4 is 26.0 Å². The predicted octanol–water partition coefficient (Wildman–Crippen LogP) is 4.03. The summed E-state index contributed by atoms with van der Waals surface area (Å²) in [6, 6.07) is 0. The molecule has 1 saturated heterocycles. The molecule has 0 radical (unpaired) electrons. The number of nitrogens with zero attached hydrogens (tertiary/aromatic N) is 1. The monoisotopic (exact) mass is 379 g/mol. The highest BCUT2D eigenvalue weighted by atomic mass is 79.9. The smallest absolute Gasteiger partial charge is 0.211 e. The van der Waals surface area contributed by atoms with Gasteiger partial charge in [-0.1, -0.05) is 35.7 Å². The average molecular weight is 380 g/mol. The molecular weight excluding hydrogens is 350 g/mol. The van der Waals surface area contributed by atoms with E-state index in [1.165, 1.54) is 51.2 Å². The van der Waals surface area contributed by atoms with E-state index in [-0.39, 0.29) is 0 Å². The van der Waals surface area contributed by atoms with Gasteiger partial charge in [0.1, 0.15) is 0 Å². The lowest BCUT2D eigenvalue weighted by atomic mass is 9.75. The Hall–Kier alpha value is 0.390. The van der Waals surface area contributed by atoms with Crippen LogP contribution in [0.25, 0.3) is 0 Å². The summed E-state index contributed by atoms with van der Waals surface area (Å²) in [7, 11) is -3.01. The summed E-state index contributed by atoms with van der Waals surface area (Å²) in [4.78, 5) is 0.638. The molecule has 0 aromatic heterocycles. The van der Waals surface area contributed by atoms with Gasteiger partial charge in [0.2, 0.25) is 10.0 Å². The molecule has 0 aromatic carbocycles. The molecular formula is C16H30BrNO2S. The fourth-order valence-electron chi connectivity index (χ4n) is 4.19. The van der Waals surface area contributed by atoms with Gasteiger partial charge in [0, 0.05) is 17.9 Å². The van der Waals surface area contributed by atoms with Gasteiger partial charge in [0.25, 0.3) is 0 Å². The molecule has 2 rings (SSSR count). The molecule has 0 bridgehead atoms. The third kappa shape index (κ3) is 5.21. The Morgan fingerprint density at radius 1 is 1.19 bits per heavy atom. The Morgan fingerprint density at radius 3 is 2.62 bits per heavy atom. The number of piperidine rings is 1. The van der Waals surface area contributed by atoms with Crippen LogP contribution >= 0.6 is 15.9 Å². The van der Waals surface area contributed by atoms with Crippen LogP contribution in [0.15, 0.2) is 0 Å². The lowest BCUT2D eigenvalue weighted by molar-refractivity contribution is 0.186. The summed E-state index contributed by atoms with van der Waals surface area (Å²) < 4.78 is 25.2. The van der Waals surface area contributed by atoms with Crippen molar-refractivity contribution in [3.8, 4) is 0 Å². The molecule has 0 N–H and O–H groups in total. The quantitative estimate of drug-likeness (QED) is 0.676. The average Bonchev–Trinajstić information content (AvgIpc) is 2.42. The zero-order chi connectivity index (χ0) is 15.5. The van der Waals surface area contributed by atoms with Crippen molar-refractivity contribution in [2.75, 3.05) is 19.3 Å². The van der Waals surface area contributed by atoms with Gasteiger partial charge in [-0.2, -0.15) is 0 Å². The number of hydrogen-bond acceptors (Lipinski definition) is 2. The second-order valence-corrected chi connectivity index (χ2v) is 10.3. The maximum atomic E-state index is 11.7. The topological polar surface area (TPSA) is 37.4 Å². The first-order chi connectivity index (χ1) is 9.90. The minimum Gasteiger partial charge on any atom is -0.213 e. The SMILES string of the molecule is CCCC1CCC(Br)C(CC2CCCN(S(C)(=O)=O)C2)C1. The van der Waals surface area contributed by atoms with Crippen LogP contribution in [-0.2, 0) is 10.0 Å². The Balaban J connectivity index is 1.90. The van der Waals surface area contributed by atoms with Crippen LogP contribution < -0.4 is 0 Å². The molecule has 0 amide bonds. The molecule has 124 valence electrons. The van der Waals surface area contributed by atoms with Crippen molar-refractivity contribution in [3.05, 3.63) is 0 Å². The van der Waals surface area contributed by atoms with E-state index < -0.39 is 10.0 Å². The predicted molar refractivity (Wildman–Crippen MR) is 92.2 cm³/mol. The fourth-order valence-corrected chi connectivity index (χ4v) is 5.83. The molecule has 4 unspecified atom stereocenters. The van der Waals surface area contributed by atoms with Crippen molar-refractivity contribution < 1.29 is 8.42 Å². The van der Waals surface area contributed by atoms with Gasteiger partial charge in [-0.15, -0.1) is 0 Å². The summed E-state index contributed by atoms with van der Waals surface area (Å²) in [6.45, 7) is 3.74. The minimum absolute atomic E-state index is 0.555. The summed E-state index contributed by atoms with van der Waals surface area (Å²) in [6.07, 6.45) is 11.4. The van der Waals surface area contributed by atoms with Gasteiger partial charge >= 0.3 is 0 Å². The Kier molecular flexibility index (Phi) is 6.57. The summed E-state index contributed by atoms with van der Waals surface area (Å²) >= 11 is 3.88. The Labute approximate surface area is 139 Å². The summed E-state index contributed by atoms with van der Waals surface area (Å²) in [5, 5.41) is 0. The third-order valence-electron chi connectivity index (χ3n) is 5.28. The van der Waals surface area contributed by atoms with Gasteiger partial charge in [-0.05, 0) is 56.3 Å². The van der Waals surface area contributed by atoms with E-state index in [0.717, 1.165) is 31.3 Å². The minimum atomic E-state index is -3.01. The molecule has 1 aliphatic carbocycles. The molecule has 1 saturated carbocycles. The molecule has 1 aliphatic heterocycles. The number of sulfonamides is 1. The van der Waals surface area contributed by atoms with Gasteiger partial charge in [0.15, 0.2) is 0 Å². The van der Waals surface area contributed by atoms with Gasteiger partial charge in [0.05, 0.1) is 6.26 Å². The van der Waals surface area contributed by atoms with E-state index in [9.17, 15) is 8.42 Å². The van der Waals surface area contributed by atoms with Crippen molar-refractivity contribution in [3.63, 3.8) is 0 Å². The lowest BCUT2D eigenvalue weighted by Crippen LogP contribution is -2.40. The zero-order valence-electron chi connectivity index (χ0n) is 13.4. The van der Waals surface area contributed by atoms with E-state index >= 15 is 0 Å². The second kappa shape index (κ2) is 7.78. The Morgan fingerprint density at radius 2 is 1.95 bits per heavy atom. The van der Waals surface area contributed by atoms with Crippen molar-refractivity contribution in [1.29, 1.82) is 0 Å². The van der Waals surface area contributed by atoms with Gasteiger partial charge in [-0.25, -0.2) is 12.7 Å². The zero-order valence-corrected chi connectivity index (χ0v) is 15.8. The van der Waals surface area contributed by atoms with Crippen LogP contribution in [0, 0.1) is 17.8 Å². The number of alkyl halides is 1.